The lowest BCUT2D eigenvalue weighted by Gasteiger charge is -2.42. The molecule has 3 aromatic rings. The third-order valence-electron chi connectivity index (χ3n) is 6.31. The summed E-state index contributed by atoms with van der Waals surface area (Å²) in [6.45, 7) is 8.69. The average molecular weight is 418 g/mol. The van der Waals surface area contributed by atoms with Crippen LogP contribution in [0.15, 0.2) is 47.7 Å². The molecule has 0 amide bonds. The second-order valence-corrected chi connectivity index (χ2v) is 9.76. The number of rotatable bonds is 3. The third kappa shape index (κ3) is 3.71. The minimum atomic E-state index is -0.274. The lowest BCUT2D eigenvalue weighted by Crippen LogP contribution is -2.45. The molecule has 1 N–H and O–H groups in total. The van der Waals surface area contributed by atoms with E-state index >= 15 is 0 Å². The van der Waals surface area contributed by atoms with Crippen LogP contribution >= 0.6 is 0 Å². The monoisotopic (exact) mass is 417 g/mol. The molecule has 160 valence electrons. The van der Waals surface area contributed by atoms with Crippen LogP contribution in [0.1, 0.15) is 51.2 Å². The number of fused-ring (bicyclic) bond motifs is 2. The molecule has 0 bridgehead atoms. The molecule has 0 spiro atoms. The number of nitrogens with zero attached hydrogens (tertiary/aromatic N) is 3. The van der Waals surface area contributed by atoms with E-state index in [1.807, 2.05) is 25.1 Å². The fourth-order valence-electron chi connectivity index (χ4n) is 4.93. The number of aromatic hydroxyl groups is 1. The van der Waals surface area contributed by atoms with Crippen molar-refractivity contribution < 1.29 is 14.6 Å². The van der Waals surface area contributed by atoms with Crippen molar-refractivity contribution in [2.75, 3.05) is 0 Å². The van der Waals surface area contributed by atoms with E-state index in [1.165, 1.54) is 0 Å². The molecule has 0 unspecified atom stereocenters. The molecule has 5 rings (SSSR count). The summed E-state index contributed by atoms with van der Waals surface area (Å²) in [5.74, 6) is 1.70. The molecule has 31 heavy (non-hydrogen) atoms. The van der Waals surface area contributed by atoms with Crippen LogP contribution in [0.25, 0.3) is 10.9 Å². The second kappa shape index (κ2) is 6.94. The number of hydrogen-bond donors (Lipinski definition) is 1. The van der Waals surface area contributed by atoms with Gasteiger partial charge in [0.05, 0.1) is 17.8 Å². The molecule has 0 saturated heterocycles. The lowest BCUT2D eigenvalue weighted by atomic mass is 9.68. The molecule has 2 aliphatic rings. The SMILES string of the molecule is Cc1cc(O)c2nc(Oc3cncc(C4=N[C@H]5CCC(C)(C)C[C@]5(C)O4)c3)ccc2c1. The summed E-state index contributed by atoms with van der Waals surface area (Å²) in [7, 11) is 0. The Balaban J connectivity index is 1.40. The molecule has 2 aromatic heterocycles. The maximum Gasteiger partial charge on any atom is 0.220 e. The number of phenols is 1. The highest BCUT2D eigenvalue weighted by Gasteiger charge is 2.49. The molecule has 1 fully saturated rings. The molecule has 6 heteroatoms. The first kappa shape index (κ1) is 19.8. The highest BCUT2D eigenvalue weighted by Crippen LogP contribution is 2.47. The zero-order chi connectivity index (χ0) is 21.8. The molecule has 1 aliphatic carbocycles. The number of ether oxygens (including phenoxy) is 2. The van der Waals surface area contributed by atoms with E-state index in [0.717, 1.165) is 35.8 Å². The van der Waals surface area contributed by atoms with Crippen molar-refractivity contribution in [3.63, 3.8) is 0 Å². The Morgan fingerprint density at radius 2 is 1.97 bits per heavy atom. The van der Waals surface area contributed by atoms with Gasteiger partial charge in [-0.1, -0.05) is 13.8 Å². The van der Waals surface area contributed by atoms with Gasteiger partial charge in [0.15, 0.2) is 0 Å². The van der Waals surface area contributed by atoms with E-state index < -0.39 is 0 Å². The van der Waals surface area contributed by atoms with Crippen molar-refractivity contribution in [2.24, 2.45) is 10.4 Å². The van der Waals surface area contributed by atoms with Crippen molar-refractivity contribution in [2.45, 2.75) is 58.6 Å². The van der Waals surface area contributed by atoms with Gasteiger partial charge in [-0.05, 0) is 68.4 Å². The van der Waals surface area contributed by atoms with Crippen LogP contribution in [0.3, 0.4) is 0 Å². The summed E-state index contributed by atoms with van der Waals surface area (Å²) >= 11 is 0. The van der Waals surface area contributed by atoms with Gasteiger partial charge in [0, 0.05) is 17.6 Å². The topological polar surface area (TPSA) is 76.8 Å². The quantitative estimate of drug-likeness (QED) is 0.604. The first-order valence-electron chi connectivity index (χ1n) is 10.7. The molecule has 1 aromatic carbocycles. The fraction of sp³-hybridized carbons (Fsp3) is 0.400. The first-order valence-corrected chi connectivity index (χ1v) is 10.7. The van der Waals surface area contributed by atoms with Crippen LogP contribution in [0.4, 0.5) is 0 Å². The lowest BCUT2D eigenvalue weighted by molar-refractivity contribution is -0.00591. The predicted molar refractivity (Wildman–Crippen MR) is 120 cm³/mol. The van der Waals surface area contributed by atoms with Crippen LogP contribution in [0.5, 0.6) is 17.4 Å². The Morgan fingerprint density at radius 1 is 1.13 bits per heavy atom. The van der Waals surface area contributed by atoms with Crippen molar-refractivity contribution in [3.05, 3.63) is 53.9 Å². The van der Waals surface area contributed by atoms with Gasteiger partial charge >= 0.3 is 0 Å². The molecule has 2 atom stereocenters. The summed E-state index contributed by atoms with van der Waals surface area (Å²) in [4.78, 5) is 13.7. The van der Waals surface area contributed by atoms with Crippen LogP contribution in [0, 0.1) is 12.3 Å². The molecule has 1 saturated carbocycles. The van der Waals surface area contributed by atoms with Crippen molar-refractivity contribution in [1.29, 1.82) is 0 Å². The van der Waals surface area contributed by atoms with Gasteiger partial charge in [-0.2, -0.15) is 0 Å². The number of aliphatic imine (C=N–C) groups is 1. The number of benzene rings is 1. The Hall–Kier alpha value is -3.15. The summed E-state index contributed by atoms with van der Waals surface area (Å²) < 4.78 is 12.3. The van der Waals surface area contributed by atoms with Crippen molar-refractivity contribution in [3.8, 4) is 17.4 Å². The fourth-order valence-corrected chi connectivity index (χ4v) is 4.93. The van der Waals surface area contributed by atoms with Gasteiger partial charge in [0.2, 0.25) is 11.8 Å². The molecular weight excluding hydrogens is 390 g/mol. The summed E-state index contributed by atoms with van der Waals surface area (Å²) in [6, 6.07) is 9.39. The summed E-state index contributed by atoms with van der Waals surface area (Å²) in [6.07, 6.45) is 6.54. The first-order chi connectivity index (χ1) is 14.7. The van der Waals surface area contributed by atoms with E-state index in [4.69, 9.17) is 14.5 Å². The molecule has 6 nitrogen and oxygen atoms in total. The van der Waals surface area contributed by atoms with E-state index in [1.54, 1.807) is 24.5 Å². The largest absolute Gasteiger partial charge is 0.506 e. The van der Waals surface area contributed by atoms with Gasteiger partial charge in [0.25, 0.3) is 0 Å². The number of pyridine rings is 2. The van der Waals surface area contributed by atoms with Gasteiger partial charge in [0.1, 0.15) is 22.6 Å². The summed E-state index contributed by atoms with van der Waals surface area (Å²) in [5, 5.41) is 11.1. The van der Waals surface area contributed by atoms with Crippen LogP contribution in [-0.4, -0.2) is 32.6 Å². The van der Waals surface area contributed by atoms with Gasteiger partial charge in [-0.25, -0.2) is 9.98 Å². The molecular formula is C25H27N3O3. The zero-order valence-corrected chi connectivity index (χ0v) is 18.3. The zero-order valence-electron chi connectivity index (χ0n) is 18.3. The minimum absolute atomic E-state index is 0.139. The van der Waals surface area contributed by atoms with Gasteiger partial charge < -0.3 is 14.6 Å². The van der Waals surface area contributed by atoms with E-state index in [2.05, 4.69) is 30.7 Å². The number of hydrogen-bond acceptors (Lipinski definition) is 6. The van der Waals surface area contributed by atoms with Gasteiger partial charge in [-0.15, -0.1) is 0 Å². The van der Waals surface area contributed by atoms with Crippen LogP contribution in [-0.2, 0) is 4.74 Å². The van der Waals surface area contributed by atoms with E-state index in [-0.39, 0.29) is 22.8 Å². The maximum atomic E-state index is 10.2. The van der Waals surface area contributed by atoms with Crippen molar-refractivity contribution >= 4 is 16.8 Å². The average Bonchev–Trinajstić information content (AvgIpc) is 3.04. The molecule has 1 aliphatic heterocycles. The van der Waals surface area contributed by atoms with E-state index in [0.29, 0.717) is 23.0 Å². The molecule has 3 heterocycles. The highest BCUT2D eigenvalue weighted by molar-refractivity contribution is 5.95. The standard InChI is InChI=1S/C25H27N3O3/c1-15-9-16-5-6-21(28-22(16)19(29)10-15)30-18-11-17(12-26-13-18)23-27-20-7-8-24(2,3)14-25(20,4)31-23/h5-6,9-13,20,29H,7-8,14H2,1-4H3/t20-,25-/m0/s1. The Kier molecular flexibility index (Phi) is 4.43. The maximum absolute atomic E-state index is 10.2. The van der Waals surface area contributed by atoms with Gasteiger partial charge in [-0.3, -0.25) is 4.98 Å². The number of aromatic nitrogens is 2. The van der Waals surface area contributed by atoms with Crippen LogP contribution in [0.2, 0.25) is 0 Å². The Labute approximate surface area is 182 Å². The third-order valence-corrected chi connectivity index (χ3v) is 6.31. The molecule has 0 radical (unpaired) electrons. The minimum Gasteiger partial charge on any atom is -0.506 e. The Morgan fingerprint density at radius 3 is 2.81 bits per heavy atom. The number of phenolic OH excluding ortho intramolecular Hbond substituents is 1. The smallest absolute Gasteiger partial charge is 0.220 e. The van der Waals surface area contributed by atoms with Crippen molar-refractivity contribution in [1.82, 2.24) is 9.97 Å². The number of aryl methyl sites for hydroxylation is 1. The Bertz CT molecular complexity index is 1200. The summed E-state index contributed by atoms with van der Waals surface area (Å²) in [5.41, 5.74) is 2.27. The van der Waals surface area contributed by atoms with Crippen LogP contribution < -0.4 is 4.74 Å². The highest BCUT2D eigenvalue weighted by atomic mass is 16.5. The normalized spacial score (nSPS) is 24.4. The predicted octanol–water partition coefficient (Wildman–Crippen LogP) is 5.55. The second-order valence-electron chi connectivity index (χ2n) is 9.76. The van der Waals surface area contributed by atoms with E-state index in [9.17, 15) is 5.11 Å².